The molecule has 0 amide bonds. The molecule has 1 fully saturated rings. The lowest BCUT2D eigenvalue weighted by molar-refractivity contribution is 0.284. The smallest absolute Gasteiger partial charge is 0.135 e. The van der Waals surface area contributed by atoms with E-state index in [4.69, 9.17) is 5.73 Å². The largest absolute Gasteiger partial charge is 0.383 e. The Bertz CT molecular complexity index is 385. The minimum Gasteiger partial charge on any atom is -0.383 e. The molecule has 1 aromatic rings. The number of nitrogens with two attached hydrogens (primary N) is 1. The van der Waals surface area contributed by atoms with Gasteiger partial charge in [0.05, 0.1) is 0 Å². The highest BCUT2D eigenvalue weighted by molar-refractivity contribution is 5.57. The van der Waals surface area contributed by atoms with Crippen molar-refractivity contribution in [3.8, 4) is 0 Å². The maximum absolute atomic E-state index is 5.93. The fourth-order valence-corrected chi connectivity index (χ4v) is 2.37. The Balaban J connectivity index is 2.16. The number of aromatic nitrogens is 2. The van der Waals surface area contributed by atoms with Gasteiger partial charge < -0.3 is 11.1 Å². The molecule has 0 aromatic carbocycles. The van der Waals surface area contributed by atoms with Crippen LogP contribution in [0.1, 0.15) is 51.5 Å². The van der Waals surface area contributed by atoms with Crippen molar-refractivity contribution in [3.63, 3.8) is 0 Å². The lowest BCUT2D eigenvalue weighted by Crippen LogP contribution is -2.31. The highest BCUT2D eigenvalue weighted by Gasteiger charge is 2.25. The fourth-order valence-electron chi connectivity index (χ4n) is 2.37. The van der Waals surface area contributed by atoms with Crippen LogP contribution in [0.4, 0.5) is 11.6 Å². The van der Waals surface area contributed by atoms with Crippen LogP contribution >= 0.6 is 0 Å². The van der Waals surface area contributed by atoms with Crippen LogP contribution in [0, 0.1) is 5.92 Å². The average molecular weight is 234 g/mol. The Hall–Kier alpha value is -1.32. The van der Waals surface area contributed by atoms with Crippen molar-refractivity contribution in [2.24, 2.45) is 5.92 Å². The summed E-state index contributed by atoms with van der Waals surface area (Å²) in [5.74, 6) is 2.63. The van der Waals surface area contributed by atoms with E-state index in [0.717, 1.165) is 17.3 Å². The molecule has 1 heterocycles. The Morgan fingerprint density at radius 1 is 1.29 bits per heavy atom. The molecule has 1 atom stereocenters. The molecule has 0 radical (unpaired) electrons. The number of rotatable bonds is 4. The molecule has 0 bridgehead atoms. The first-order valence-electron chi connectivity index (χ1n) is 6.46. The summed E-state index contributed by atoms with van der Waals surface area (Å²) in [6.45, 7) is 6.47. The highest BCUT2D eigenvalue weighted by Crippen LogP contribution is 2.33. The van der Waals surface area contributed by atoms with Gasteiger partial charge in [0.2, 0.25) is 0 Å². The van der Waals surface area contributed by atoms with Gasteiger partial charge in [-0.2, -0.15) is 0 Å². The van der Waals surface area contributed by atoms with Crippen LogP contribution in [0.15, 0.2) is 6.33 Å². The first kappa shape index (κ1) is 12.1. The molecule has 0 spiro atoms. The number of hydrogen-bond acceptors (Lipinski definition) is 4. The van der Waals surface area contributed by atoms with Crippen molar-refractivity contribution in [1.82, 2.24) is 9.97 Å². The summed E-state index contributed by atoms with van der Waals surface area (Å²) < 4.78 is 0. The van der Waals surface area contributed by atoms with Crippen molar-refractivity contribution in [2.45, 2.75) is 52.0 Å². The number of nitrogen functional groups attached to an aromatic ring is 1. The Kier molecular flexibility index (Phi) is 3.50. The van der Waals surface area contributed by atoms with Gasteiger partial charge in [-0.1, -0.05) is 20.3 Å². The standard InChI is InChI=1S/C13H22N4/c1-8(2)11-12(14)15-7-16-13(11)17-9(3)10-5-4-6-10/h7-10H,4-6H2,1-3H3,(H3,14,15,16,17). The molecule has 1 unspecified atom stereocenters. The molecule has 1 aromatic heterocycles. The van der Waals surface area contributed by atoms with Gasteiger partial charge in [-0.15, -0.1) is 0 Å². The molecule has 0 saturated heterocycles. The predicted octanol–water partition coefficient (Wildman–Crippen LogP) is 2.78. The summed E-state index contributed by atoms with van der Waals surface area (Å²) in [4.78, 5) is 8.41. The zero-order chi connectivity index (χ0) is 12.4. The average Bonchev–Trinajstić information content (AvgIpc) is 2.13. The van der Waals surface area contributed by atoms with E-state index < -0.39 is 0 Å². The third-order valence-corrected chi connectivity index (χ3v) is 3.71. The van der Waals surface area contributed by atoms with Crippen molar-refractivity contribution >= 4 is 11.6 Å². The summed E-state index contributed by atoms with van der Waals surface area (Å²) in [6, 6.07) is 0.468. The van der Waals surface area contributed by atoms with E-state index in [-0.39, 0.29) is 0 Å². The second-order valence-corrected chi connectivity index (χ2v) is 5.30. The van der Waals surface area contributed by atoms with Crippen molar-refractivity contribution in [3.05, 3.63) is 11.9 Å². The van der Waals surface area contributed by atoms with Gasteiger partial charge >= 0.3 is 0 Å². The molecule has 4 heteroatoms. The summed E-state index contributed by atoms with van der Waals surface area (Å²) in [7, 11) is 0. The summed E-state index contributed by atoms with van der Waals surface area (Å²) in [5, 5.41) is 3.50. The molecule has 1 aliphatic rings. The van der Waals surface area contributed by atoms with Crippen LogP contribution in [0.5, 0.6) is 0 Å². The molecule has 2 rings (SSSR count). The molecule has 3 N–H and O–H groups in total. The van der Waals surface area contributed by atoms with E-state index in [1.165, 1.54) is 25.6 Å². The Morgan fingerprint density at radius 3 is 2.53 bits per heavy atom. The normalized spacial score (nSPS) is 17.9. The van der Waals surface area contributed by atoms with Crippen LogP contribution in [0.2, 0.25) is 0 Å². The third-order valence-electron chi connectivity index (χ3n) is 3.71. The predicted molar refractivity (Wildman–Crippen MR) is 71.0 cm³/mol. The van der Waals surface area contributed by atoms with Gasteiger partial charge in [-0.05, 0) is 31.6 Å². The lowest BCUT2D eigenvalue weighted by atomic mass is 9.80. The third kappa shape index (κ3) is 2.51. The van der Waals surface area contributed by atoms with Gasteiger partial charge in [-0.25, -0.2) is 9.97 Å². The van der Waals surface area contributed by atoms with Crippen LogP contribution in [0.25, 0.3) is 0 Å². The lowest BCUT2D eigenvalue weighted by Gasteiger charge is -2.32. The Labute approximate surface area is 103 Å². The minimum atomic E-state index is 0.340. The molecule has 0 aliphatic heterocycles. The number of anilines is 2. The van der Waals surface area contributed by atoms with Gasteiger partial charge in [-0.3, -0.25) is 0 Å². The maximum Gasteiger partial charge on any atom is 0.135 e. The Morgan fingerprint density at radius 2 is 2.00 bits per heavy atom. The van der Waals surface area contributed by atoms with E-state index in [0.29, 0.717) is 17.8 Å². The topological polar surface area (TPSA) is 63.8 Å². The SMILES string of the molecule is CC(C)c1c(N)ncnc1NC(C)C1CCC1. The number of nitrogens with one attached hydrogen (secondary N) is 1. The van der Waals surface area contributed by atoms with Crippen LogP contribution in [-0.2, 0) is 0 Å². The van der Waals surface area contributed by atoms with Crippen LogP contribution in [-0.4, -0.2) is 16.0 Å². The molecule has 1 aliphatic carbocycles. The first-order chi connectivity index (χ1) is 8.09. The second kappa shape index (κ2) is 4.90. The zero-order valence-electron chi connectivity index (χ0n) is 10.9. The molecule has 4 nitrogen and oxygen atoms in total. The van der Waals surface area contributed by atoms with Gasteiger partial charge in [0, 0.05) is 11.6 Å². The van der Waals surface area contributed by atoms with Crippen LogP contribution in [0.3, 0.4) is 0 Å². The zero-order valence-corrected chi connectivity index (χ0v) is 10.9. The van der Waals surface area contributed by atoms with Crippen molar-refractivity contribution in [2.75, 3.05) is 11.1 Å². The summed E-state index contributed by atoms with van der Waals surface area (Å²) in [5.41, 5.74) is 6.97. The van der Waals surface area contributed by atoms with E-state index in [9.17, 15) is 0 Å². The molecule has 94 valence electrons. The van der Waals surface area contributed by atoms with Crippen molar-refractivity contribution in [1.29, 1.82) is 0 Å². The van der Waals surface area contributed by atoms with E-state index in [1.807, 2.05) is 0 Å². The van der Waals surface area contributed by atoms with E-state index >= 15 is 0 Å². The van der Waals surface area contributed by atoms with Gasteiger partial charge in [0.15, 0.2) is 0 Å². The second-order valence-electron chi connectivity index (χ2n) is 5.30. The quantitative estimate of drug-likeness (QED) is 0.840. The van der Waals surface area contributed by atoms with Crippen molar-refractivity contribution < 1.29 is 0 Å². The summed E-state index contributed by atoms with van der Waals surface area (Å²) >= 11 is 0. The highest BCUT2D eigenvalue weighted by atomic mass is 15.1. The molecular weight excluding hydrogens is 212 g/mol. The van der Waals surface area contributed by atoms with Gasteiger partial charge in [0.25, 0.3) is 0 Å². The number of hydrogen-bond donors (Lipinski definition) is 2. The van der Waals surface area contributed by atoms with Gasteiger partial charge in [0.1, 0.15) is 18.0 Å². The monoisotopic (exact) mass is 234 g/mol. The van der Waals surface area contributed by atoms with E-state index in [1.54, 1.807) is 0 Å². The first-order valence-corrected chi connectivity index (χ1v) is 6.46. The fraction of sp³-hybridized carbons (Fsp3) is 0.692. The number of nitrogens with zero attached hydrogens (tertiary/aromatic N) is 2. The maximum atomic E-state index is 5.93. The molecule has 1 saturated carbocycles. The minimum absolute atomic E-state index is 0.340. The summed E-state index contributed by atoms with van der Waals surface area (Å²) in [6.07, 6.45) is 5.55. The molecule has 17 heavy (non-hydrogen) atoms. The van der Waals surface area contributed by atoms with E-state index in [2.05, 4.69) is 36.1 Å². The van der Waals surface area contributed by atoms with Crippen LogP contribution < -0.4 is 11.1 Å². The molecular formula is C13H22N4.